The second kappa shape index (κ2) is 7.20. The average Bonchev–Trinajstić information content (AvgIpc) is 2.34. The first-order chi connectivity index (χ1) is 8.97. The minimum absolute atomic E-state index is 0.0652. The zero-order valence-corrected chi connectivity index (χ0v) is 10.9. The molecule has 0 aliphatic heterocycles. The van der Waals surface area contributed by atoms with Crippen LogP contribution in [-0.2, 0) is 9.59 Å². The Labute approximate surface area is 111 Å². The van der Waals surface area contributed by atoms with Crippen molar-refractivity contribution in [2.45, 2.75) is 19.9 Å². The third-order valence-electron chi connectivity index (χ3n) is 2.10. The highest BCUT2D eigenvalue weighted by molar-refractivity contribution is 5.85. The molecule has 1 rings (SSSR count). The summed E-state index contributed by atoms with van der Waals surface area (Å²) < 4.78 is 5.32. The van der Waals surface area contributed by atoms with E-state index in [0.717, 1.165) is 6.08 Å². The first-order valence-electron chi connectivity index (χ1n) is 5.90. The van der Waals surface area contributed by atoms with Gasteiger partial charge < -0.3 is 15.2 Å². The molecule has 0 radical (unpaired) electrons. The molecule has 0 aromatic heterocycles. The highest BCUT2D eigenvalue weighted by Crippen LogP contribution is 2.14. The molecule has 0 spiro atoms. The predicted octanol–water partition coefficient (Wildman–Crippen LogP) is 1.69. The van der Waals surface area contributed by atoms with Gasteiger partial charge in [-0.15, -0.1) is 0 Å². The van der Waals surface area contributed by atoms with Crippen molar-refractivity contribution in [3.05, 3.63) is 35.9 Å². The smallest absolute Gasteiger partial charge is 0.328 e. The van der Waals surface area contributed by atoms with Gasteiger partial charge in [-0.3, -0.25) is 4.79 Å². The molecule has 5 nitrogen and oxygen atoms in total. The van der Waals surface area contributed by atoms with Crippen molar-refractivity contribution in [2.24, 2.45) is 0 Å². The third kappa shape index (κ3) is 6.26. The first-order valence-corrected chi connectivity index (χ1v) is 5.90. The fraction of sp³-hybridized carbons (Fsp3) is 0.286. The number of amides is 1. The maximum absolute atomic E-state index is 11.4. The lowest BCUT2D eigenvalue weighted by atomic mass is 10.2. The molecule has 0 bridgehead atoms. The molecule has 0 heterocycles. The number of carboxylic acids is 1. The fourth-order valence-electron chi connectivity index (χ4n) is 1.39. The molecule has 0 saturated carbocycles. The summed E-state index contributed by atoms with van der Waals surface area (Å²) in [5, 5.41) is 11.2. The number of carbonyl (C=O) groups is 2. The average molecular weight is 263 g/mol. The summed E-state index contributed by atoms with van der Waals surface area (Å²) in [5.41, 5.74) is 0.698. The topological polar surface area (TPSA) is 75.6 Å². The van der Waals surface area contributed by atoms with E-state index in [1.165, 1.54) is 6.08 Å². The van der Waals surface area contributed by atoms with E-state index in [0.29, 0.717) is 11.3 Å². The fourth-order valence-corrected chi connectivity index (χ4v) is 1.39. The predicted molar refractivity (Wildman–Crippen MR) is 71.9 cm³/mol. The summed E-state index contributed by atoms with van der Waals surface area (Å²) in [6.07, 6.45) is 2.51. The van der Waals surface area contributed by atoms with Crippen LogP contribution in [-0.4, -0.2) is 29.6 Å². The molecule has 0 unspecified atom stereocenters. The molecule has 0 atom stereocenters. The van der Waals surface area contributed by atoms with Gasteiger partial charge in [0.2, 0.25) is 0 Å². The standard InChI is InChI=1S/C14H17NO4/c1-10(2)15-13(16)9-19-12-5-3-4-11(8-12)6-7-14(17)18/h3-8,10H,9H2,1-2H3,(H,15,16)(H,17,18)/b7-6+. The van der Waals surface area contributed by atoms with Crippen LogP contribution in [0.5, 0.6) is 5.75 Å². The van der Waals surface area contributed by atoms with Crippen LogP contribution in [0.1, 0.15) is 19.4 Å². The van der Waals surface area contributed by atoms with Crippen molar-refractivity contribution in [3.8, 4) is 5.75 Å². The van der Waals surface area contributed by atoms with E-state index >= 15 is 0 Å². The summed E-state index contributed by atoms with van der Waals surface area (Å²) >= 11 is 0. The van der Waals surface area contributed by atoms with Crippen molar-refractivity contribution in [3.63, 3.8) is 0 Å². The van der Waals surface area contributed by atoms with Gasteiger partial charge in [-0.25, -0.2) is 4.79 Å². The highest BCUT2D eigenvalue weighted by atomic mass is 16.5. The van der Waals surface area contributed by atoms with Gasteiger partial charge in [0.25, 0.3) is 5.91 Å². The minimum Gasteiger partial charge on any atom is -0.484 e. The van der Waals surface area contributed by atoms with E-state index in [9.17, 15) is 9.59 Å². The molecule has 0 fully saturated rings. The zero-order valence-electron chi connectivity index (χ0n) is 10.9. The van der Waals surface area contributed by atoms with Crippen LogP contribution in [0.4, 0.5) is 0 Å². The summed E-state index contributed by atoms with van der Waals surface area (Å²) in [7, 11) is 0. The second-order valence-corrected chi connectivity index (χ2v) is 4.25. The number of carbonyl (C=O) groups excluding carboxylic acids is 1. The summed E-state index contributed by atoms with van der Waals surface area (Å²) in [6.45, 7) is 3.68. The lowest BCUT2D eigenvalue weighted by Crippen LogP contribution is -2.34. The molecule has 1 aromatic rings. The van der Waals surface area contributed by atoms with E-state index in [-0.39, 0.29) is 18.6 Å². The van der Waals surface area contributed by atoms with E-state index in [1.807, 2.05) is 13.8 Å². The molecule has 5 heteroatoms. The number of carboxylic acid groups (broad SMARTS) is 1. The third-order valence-corrected chi connectivity index (χ3v) is 2.10. The Morgan fingerprint density at radius 3 is 2.79 bits per heavy atom. The molecular formula is C14H17NO4. The highest BCUT2D eigenvalue weighted by Gasteiger charge is 2.04. The van der Waals surface area contributed by atoms with Crippen LogP contribution < -0.4 is 10.1 Å². The quantitative estimate of drug-likeness (QED) is 0.766. The van der Waals surface area contributed by atoms with Crippen molar-refractivity contribution in [1.29, 1.82) is 0 Å². The normalized spacial score (nSPS) is 10.7. The van der Waals surface area contributed by atoms with Crippen LogP contribution in [0, 0.1) is 0 Å². The Kier molecular flexibility index (Phi) is 5.60. The SMILES string of the molecule is CC(C)NC(=O)COc1cccc(/C=C/C(=O)O)c1. The van der Waals surface area contributed by atoms with Gasteiger partial charge in [-0.1, -0.05) is 12.1 Å². The van der Waals surface area contributed by atoms with Gasteiger partial charge in [-0.05, 0) is 37.6 Å². The first kappa shape index (κ1) is 14.8. The number of ether oxygens (including phenoxy) is 1. The maximum atomic E-state index is 11.4. The monoisotopic (exact) mass is 263 g/mol. The van der Waals surface area contributed by atoms with Gasteiger partial charge in [0.1, 0.15) is 5.75 Å². The molecule has 19 heavy (non-hydrogen) atoms. The van der Waals surface area contributed by atoms with Crippen LogP contribution >= 0.6 is 0 Å². The molecule has 0 saturated heterocycles. The van der Waals surface area contributed by atoms with Gasteiger partial charge in [-0.2, -0.15) is 0 Å². The number of hydrogen-bond donors (Lipinski definition) is 2. The Hall–Kier alpha value is -2.30. The largest absolute Gasteiger partial charge is 0.484 e. The van der Waals surface area contributed by atoms with E-state index in [1.54, 1.807) is 24.3 Å². The molecular weight excluding hydrogens is 246 g/mol. The van der Waals surface area contributed by atoms with E-state index in [2.05, 4.69) is 5.32 Å². The van der Waals surface area contributed by atoms with E-state index < -0.39 is 5.97 Å². The molecule has 0 aliphatic rings. The zero-order chi connectivity index (χ0) is 14.3. The molecule has 0 aliphatic carbocycles. The van der Waals surface area contributed by atoms with Crippen molar-refractivity contribution < 1.29 is 19.4 Å². The number of benzene rings is 1. The van der Waals surface area contributed by atoms with Crippen LogP contribution in [0.3, 0.4) is 0 Å². The minimum atomic E-state index is -1.01. The van der Waals surface area contributed by atoms with Crippen molar-refractivity contribution >= 4 is 18.0 Å². The lowest BCUT2D eigenvalue weighted by molar-refractivity contribution is -0.131. The van der Waals surface area contributed by atoms with Crippen molar-refractivity contribution in [2.75, 3.05) is 6.61 Å². The number of nitrogens with one attached hydrogen (secondary N) is 1. The van der Waals surface area contributed by atoms with Gasteiger partial charge in [0, 0.05) is 12.1 Å². The number of rotatable bonds is 6. The molecule has 1 aromatic carbocycles. The Morgan fingerprint density at radius 1 is 1.42 bits per heavy atom. The van der Waals surface area contributed by atoms with Crippen molar-refractivity contribution in [1.82, 2.24) is 5.32 Å². The summed E-state index contributed by atoms with van der Waals surface area (Å²) in [4.78, 5) is 21.8. The molecule has 1 amide bonds. The van der Waals surface area contributed by atoms with E-state index in [4.69, 9.17) is 9.84 Å². The van der Waals surface area contributed by atoms with Gasteiger partial charge in [0.05, 0.1) is 0 Å². The number of hydrogen-bond acceptors (Lipinski definition) is 3. The van der Waals surface area contributed by atoms with Crippen LogP contribution in [0.25, 0.3) is 6.08 Å². The second-order valence-electron chi connectivity index (χ2n) is 4.25. The van der Waals surface area contributed by atoms with Crippen LogP contribution in [0.15, 0.2) is 30.3 Å². The molecule has 2 N–H and O–H groups in total. The Bertz CT molecular complexity index is 480. The molecule has 102 valence electrons. The maximum Gasteiger partial charge on any atom is 0.328 e. The summed E-state index contributed by atoms with van der Waals surface area (Å²) in [5.74, 6) is -0.685. The van der Waals surface area contributed by atoms with Gasteiger partial charge in [0.15, 0.2) is 6.61 Å². The lowest BCUT2D eigenvalue weighted by Gasteiger charge is -2.09. The number of aliphatic carboxylic acids is 1. The Balaban J connectivity index is 2.57. The summed E-state index contributed by atoms with van der Waals surface area (Å²) in [6, 6.07) is 6.93. The van der Waals surface area contributed by atoms with Gasteiger partial charge >= 0.3 is 5.97 Å². The van der Waals surface area contributed by atoms with Crippen LogP contribution in [0.2, 0.25) is 0 Å². The Morgan fingerprint density at radius 2 is 2.16 bits per heavy atom.